The van der Waals surface area contributed by atoms with Crippen LogP contribution in [-0.2, 0) is 6.61 Å². The number of aryl methyl sites for hydroxylation is 1. The van der Waals surface area contributed by atoms with E-state index in [4.69, 9.17) is 10.5 Å². The quantitative estimate of drug-likeness (QED) is 0.639. The van der Waals surface area contributed by atoms with Crippen molar-refractivity contribution in [3.8, 4) is 5.75 Å². The summed E-state index contributed by atoms with van der Waals surface area (Å²) in [5, 5.41) is 0. The number of aromatic nitrogens is 2. The fourth-order valence-corrected chi connectivity index (χ4v) is 3.84. The van der Waals surface area contributed by atoms with E-state index in [1.165, 1.54) is 5.56 Å². The van der Waals surface area contributed by atoms with Crippen LogP contribution in [0, 0.1) is 12.8 Å². The molecule has 0 bridgehead atoms. The Morgan fingerprint density at radius 1 is 1.17 bits per heavy atom. The molecule has 0 spiro atoms. The van der Waals surface area contributed by atoms with Gasteiger partial charge < -0.3 is 19.8 Å². The van der Waals surface area contributed by atoms with E-state index in [1.807, 2.05) is 58.1 Å². The van der Waals surface area contributed by atoms with Gasteiger partial charge in [0, 0.05) is 30.5 Å². The summed E-state index contributed by atoms with van der Waals surface area (Å²) in [4.78, 5) is 19.2. The van der Waals surface area contributed by atoms with Crippen molar-refractivity contribution in [3.05, 3.63) is 65.6 Å². The molecule has 1 amide bonds. The zero-order valence-electron chi connectivity index (χ0n) is 17.2. The fourth-order valence-electron chi connectivity index (χ4n) is 3.84. The fraction of sp³-hybridized carbons (Fsp3) is 0.364. The Kier molecular flexibility index (Phi) is 8.12. The van der Waals surface area contributed by atoms with Gasteiger partial charge >= 0.3 is 0 Å². The molecule has 1 saturated heterocycles. The highest BCUT2D eigenvalue weighted by Gasteiger charge is 2.31. The number of pyridine rings is 1. The van der Waals surface area contributed by atoms with Gasteiger partial charge in [0.25, 0.3) is 5.91 Å². The van der Waals surface area contributed by atoms with Crippen molar-refractivity contribution in [1.82, 2.24) is 14.3 Å². The van der Waals surface area contributed by atoms with Gasteiger partial charge in [-0.1, -0.05) is 6.07 Å². The Bertz CT molecular complexity index is 990. The van der Waals surface area contributed by atoms with Crippen molar-refractivity contribution in [2.75, 3.05) is 13.1 Å². The number of hydrogen-bond donors (Lipinski definition) is 1. The lowest BCUT2D eigenvalue weighted by atomic mass is 10.1. The Balaban J connectivity index is 0.00000160. The van der Waals surface area contributed by atoms with Crippen LogP contribution in [0.5, 0.6) is 5.75 Å². The van der Waals surface area contributed by atoms with Crippen LogP contribution in [0.3, 0.4) is 0 Å². The molecular formula is C22H28Cl2N4O2. The summed E-state index contributed by atoms with van der Waals surface area (Å²) in [5.74, 6) is 1.18. The standard InChI is InChI=1S/C22H26N4O2.2ClH/c1-15-3-8-21-24-19(13-25(21)11-15)14-28-20-6-4-18(5-7-20)22(27)26-12-17(10-23)9-16(26)2;;/h3-8,11,13,16-17H,9-10,12,14,23H2,1-2H3;2*1H. The van der Waals surface area contributed by atoms with Crippen molar-refractivity contribution in [2.45, 2.75) is 32.9 Å². The number of halogens is 2. The summed E-state index contributed by atoms with van der Waals surface area (Å²) in [6, 6.07) is 11.6. The first-order valence-corrected chi connectivity index (χ1v) is 9.71. The lowest BCUT2D eigenvalue weighted by molar-refractivity contribution is 0.0743. The lowest BCUT2D eigenvalue weighted by Crippen LogP contribution is -2.34. The molecule has 162 valence electrons. The molecule has 2 N–H and O–H groups in total. The Labute approximate surface area is 189 Å². The molecule has 0 saturated carbocycles. The molecule has 1 aliphatic heterocycles. The molecule has 2 aromatic heterocycles. The number of likely N-dealkylation sites (tertiary alicyclic amines) is 1. The number of hydrogen-bond acceptors (Lipinski definition) is 4. The van der Waals surface area contributed by atoms with Crippen LogP contribution in [-0.4, -0.2) is 39.3 Å². The first kappa shape index (κ1) is 24.0. The van der Waals surface area contributed by atoms with Gasteiger partial charge in [-0.25, -0.2) is 4.98 Å². The number of rotatable bonds is 5. The van der Waals surface area contributed by atoms with Gasteiger partial charge in [0.1, 0.15) is 18.0 Å². The third-order valence-electron chi connectivity index (χ3n) is 5.39. The summed E-state index contributed by atoms with van der Waals surface area (Å²) >= 11 is 0. The van der Waals surface area contributed by atoms with Gasteiger partial charge in [-0.2, -0.15) is 0 Å². The van der Waals surface area contributed by atoms with Crippen LogP contribution in [0.15, 0.2) is 48.8 Å². The van der Waals surface area contributed by atoms with E-state index >= 15 is 0 Å². The number of nitrogens with zero attached hydrogens (tertiary/aromatic N) is 3. The molecule has 0 aliphatic carbocycles. The Morgan fingerprint density at radius 2 is 1.90 bits per heavy atom. The van der Waals surface area contributed by atoms with Crippen molar-refractivity contribution in [1.29, 1.82) is 0 Å². The highest BCUT2D eigenvalue weighted by molar-refractivity contribution is 5.94. The number of carbonyl (C=O) groups excluding carboxylic acids is 1. The molecule has 1 aliphatic rings. The van der Waals surface area contributed by atoms with E-state index in [0.717, 1.165) is 30.1 Å². The van der Waals surface area contributed by atoms with Crippen LogP contribution in [0.1, 0.15) is 35.0 Å². The number of imidazole rings is 1. The number of benzene rings is 1. The molecule has 2 unspecified atom stereocenters. The van der Waals surface area contributed by atoms with Crippen LogP contribution in [0.25, 0.3) is 5.65 Å². The lowest BCUT2D eigenvalue weighted by Gasteiger charge is -2.21. The topological polar surface area (TPSA) is 72.9 Å². The molecule has 1 aromatic carbocycles. The summed E-state index contributed by atoms with van der Waals surface area (Å²) in [7, 11) is 0. The largest absolute Gasteiger partial charge is 0.487 e. The maximum absolute atomic E-state index is 12.8. The van der Waals surface area contributed by atoms with Crippen LogP contribution in [0.4, 0.5) is 0 Å². The van der Waals surface area contributed by atoms with E-state index in [1.54, 1.807) is 0 Å². The number of fused-ring (bicyclic) bond motifs is 1. The van der Waals surface area contributed by atoms with Gasteiger partial charge in [-0.3, -0.25) is 4.79 Å². The normalized spacial score (nSPS) is 18.0. The monoisotopic (exact) mass is 450 g/mol. The van der Waals surface area contributed by atoms with Gasteiger partial charge in [0.05, 0.1) is 5.69 Å². The molecule has 3 aromatic rings. The van der Waals surface area contributed by atoms with Crippen LogP contribution in [0.2, 0.25) is 0 Å². The maximum Gasteiger partial charge on any atom is 0.254 e. The van der Waals surface area contributed by atoms with Crippen molar-refractivity contribution < 1.29 is 9.53 Å². The van der Waals surface area contributed by atoms with E-state index in [9.17, 15) is 4.79 Å². The third-order valence-corrected chi connectivity index (χ3v) is 5.39. The number of nitrogens with two attached hydrogens (primary N) is 1. The minimum Gasteiger partial charge on any atom is -0.487 e. The van der Waals surface area contributed by atoms with Crippen LogP contribution < -0.4 is 10.5 Å². The van der Waals surface area contributed by atoms with E-state index in [2.05, 4.69) is 18.8 Å². The maximum atomic E-state index is 12.8. The minimum atomic E-state index is 0. The van der Waals surface area contributed by atoms with Crippen molar-refractivity contribution in [3.63, 3.8) is 0 Å². The summed E-state index contributed by atoms with van der Waals surface area (Å²) in [6.45, 7) is 5.89. The third kappa shape index (κ3) is 5.06. The van der Waals surface area contributed by atoms with Crippen molar-refractivity contribution >= 4 is 36.4 Å². The molecule has 3 heterocycles. The zero-order valence-corrected chi connectivity index (χ0v) is 18.8. The molecule has 30 heavy (non-hydrogen) atoms. The summed E-state index contributed by atoms with van der Waals surface area (Å²) in [6.07, 6.45) is 4.99. The Morgan fingerprint density at radius 3 is 2.57 bits per heavy atom. The molecule has 2 atom stereocenters. The summed E-state index contributed by atoms with van der Waals surface area (Å²) < 4.78 is 7.85. The second-order valence-corrected chi connectivity index (χ2v) is 7.66. The van der Waals surface area contributed by atoms with Gasteiger partial charge in [-0.05, 0) is 68.6 Å². The SMILES string of the molecule is Cc1ccc2nc(COc3ccc(C(=O)N4CC(CN)CC4C)cc3)cn2c1.Cl.Cl. The molecule has 0 radical (unpaired) electrons. The van der Waals surface area contributed by atoms with Gasteiger partial charge in [0.2, 0.25) is 0 Å². The van der Waals surface area contributed by atoms with Crippen LogP contribution >= 0.6 is 24.8 Å². The first-order valence-electron chi connectivity index (χ1n) is 9.71. The highest BCUT2D eigenvalue weighted by atomic mass is 35.5. The predicted octanol–water partition coefficient (Wildman–Crippen LogP) is 3.87. The molecular weight excluding hydrogens is 423 g/mol. The van der Waals surface area contributed by atoms with E-state index in [0.29, 0.717) is 24.6 Å². The van der Waals surface area contributed by atoms with Crippen molar-refractivity contribution in [2.24, 2.45) is 11.7 Å². The summed E-state index contributed by atoms with van der Waals surface area (Å²) in [5.41, 5.74) is 9.40. The van der Waals surface area contributed by atoms with E-state index in [-0.39, 0.29) is 36.8 Å². The second kappa shape index (κ2) is 10.2. The number of amides is 1. The average Bonchev–Trinajstić information content (AvgIpc) is 3.28. The average molecular weight is 451 g/mol. The smallest absolute Gasteiger partial charge is 0.254 e. The molecule has 8 heteroatoms. The highest BCUT2D eigenvalue weighted by Crippen LogP contribution is 2.25. The predicted molar refractivity (Wildman–Crippen MR) is 123 cm³/mol. The Hall–Kier alpha value is -2.28. The molecule has 6 nitrogen and oxygen atoms in total. The van der Waals surface area contributed by atoms with E-state index < -0.39 is 0 Å². The molecule has 1 fully saturated rings. The van der Waals surface area contributed by atoms with Gasteiger partial charge in [0.15, 0.2) is 0 Å². The van der Waals surface area contributed by atoms with Gasteiger partial charge in [-0.15, -0.1) is 24.8 Å². The first-order chi connectivity index (χ1) is 13.5. The minimum absolute atomic E-state index is 0. The number of ether oxygens (including phenoxy) is 1. The molecule has 4 rings (SSSR count). The zero-order chi connectivity index (χ0) is 19.7. The number of carbonyl (C=O) groups is 1. The second-order valence-electron chi connectivity index (χ2n) is 7.66.